The van der Waals surface area contributed by atoms with Gasteiger partial charge in [0.15, 0.2) is 5.82 Å². The molecule has 0 radical (unpaired) electrons. The molecule has 56 heavy (non-hydrogen) atoms. The number of hydrogen-bond donors (Lipinski definition) is 5. The van der Waals surface area contributed by atoms with Crippen LogP contribution in [-0.2, 0) is 23.8 Å². The number of aromatic nitrogens is 6. The van der Waals surface area contributed by atoms with Gasteiger partial charge in [0.1, 0.15) is 29.5 Å². The number of halogens is 1. The fraction of sp³-hybridized carbons (Fsp3) is 0.459. The fourth-order valence-electron chi connectivity index (χ4n) is 7.12. The minimum atomic E-state index is -1.34. The van der Waals surface area contributed by atoms with Crippen molar-refractivity contribution in [3.05, 3.63) is 60.5 Å². The molecule has 0 spiro atoms. The Morgan fingerprint density at radius 3 is 1.84 bits per heavy atom. The third-order valence-electron chi connectivity index (χ3n) is 10.3. The number of likely N-dealkylation sites (tertiary alicyclic amines) is 2. The largest absolute Gasteiger partial charge is 0.465 e. The molecule has 0 bridgehead atoms. The number of nitrogens with zero attached hydrogens (tertiary/aromatic N) is 6. The van der Waals surface area contributed by atoms with Crippen molar-refractivity contribution >= 4 is 24.0 Å². The van der Waals surface area contributed by atoms with Crippen LogP contribution in [-0.4, -0.2) is 128 Å². The maximum Gasteiger partial charge on any atom is 0.407 e. The molecule has 4 amide bonds. The van der Waals surface area contributed by atoms with E-state index in [0.717, 1.165) is 6.42 Å². The van der Waals surface area contributed by atoms with Gasteiger partial charge in [-0.3, -0.25) is 9.59 Å². The Balaban J connectivity index is 1.13. The summed E-state index contributed by atoms with van der Waals surface area (Å²) in [6.07, 6.45) is 5.65. The molecule has 18 nitrogen and oxygen atoms in total. The molecule has 6 atom stereocenters. The molecule has 4 aromatic rings. The van der Waals surface area contributed by atoms with Gasteiger partial charge in [-0.1, -0.05) is 6.07 Å². The Morgan fingerprint density at radius 2 is 1.32 bits per heavy atom. The van der Waals surface area contributed by atoms with E-state index in [9.17, 15) is 24.3 Å². The van der Waals surface area contributed by atoms with Crippen LogP contribution < -0.4 is 10.6 Å². The van der Waals surface area contributed by atoms with Crippen LogP contribution >= 0.6 is 0 Å². The highest BCUT2D eigenvalue weighted by Gasteiger charge is 2.40. The summed E-state index contributed by atoms with van der Waals surface area (Å²) in [5.74, 6) is 0.0487. The predicted octanol–water partition coefficient (Wildman–Crippen LogP) is 3.82. The molecule has 298 valence electrons. The average Bonchev–Trinajstić information content (AvgIpc) is 4.05. The SMILES string of the molecule is COC(=O)N[C@H](C(=O)N1CCC[C@H]1c1ncc(-c2cnc(-c3ccc(-c4cnc([C@@H]5CCCN5C(=O)[C@@H](NC(=O)O)[C@@H](C)OC)[nH]4)c(F)c3)nc2)[nH]1)C(C)OC. The second-order valence-corrected chi connectivity index (χ2v) is 13.7. The van der Waals surface area contributed by atoms with Crippen LogP contribution in [0.5, 0.6) is 0 Å². The number of methoxy groups -OCH3 is 3. The molecule has 2 saturated heterocycles. The first-order chi connectivity index (χ1) is 26.9. The molecular formula is C37H45FN10O8. The van der Waals surface area contributed by atoms with Gasteiger partial charge in [-0.05, 0) is 51.7 Å². The Hall–Kier alpha value is -5.95. The van der Waals surface area contributed by atoms with Crippen molar-refractivity contribution in [2.75, 3.05) is 34.4 Å². The molecule has 0 saturated carbocycles. The van der Waals surface area contributed by atoms with E-state index < -0.39 is 54.2 Å². The first-order valence-electron chi connectivity index (χ1n) is 18.2. The van der Waals surface area contributed by atoms with Crippen LogP contribution in [0.15, 0.2) is 43.0 Å². The van der Waals surface area contributed by atoms with Gasteiger partial charge in [-0.2, -0.15) is 0 Å². The highest BCUT2D eigenvalue weighted by atomic mass is 19.1. The summed E-state index contributed by atoms with van der Waals surface area (Å²) in [5, 5.41) is 14.1. The number of imidazole rings is 2. The standard InChI is InChI=1S/C37H45FN10O8/c1-19(54-3)29(45-36(51)52)34(49)47-12-7-9-28(47)33-42-18-26(44-33)23-11-10-21(14-24(23)38)31-39-15-22(16-40-31)25-17-41-32(43-25)27-8-6-13-48(27)35(50)30(20(2)55-4)46-37(53)56-5/h10-11,14-20,27-30,45H,6-9,12-13H2,1-5H3,(H,41,43)(H,42,44)(H,46,53)(H,51,52)/t19-,20?,27+,28+,29+,30+/m1/s1. The number of H-pyrrole nitrogens is 2. The lowest BCUT2D eigenvalue weighted by molar-refractivity contribution is -0.138. The molecule has 2 aliphatic rings. The zero-order valence-corrected chi connectivity index (χ0v) is 31.6. The number of aromatic amines is 2. The molecule has 3 aromatic heterocycles. The number of alkyl carbamates (subject to hydrolysis) is 1. The van der Waals surface area contributed by atoms with Crippen LogP contribution in [0.1, 0.15) is 63.3 Å². The van der Waals surface area contributed by atoms with E-state index in [1.165, 1.54) is 33.6 Å². The first kappa shape index (κ1) is 39.7. The van der Waals surface area contributed by atoms with Crippen LogP contribution in [0.3, 0.4) is 0 Å². The molecule has 5 heterocycles. The summed E-state index contributed by atoms with van der Waals surface area (Å²) in [6.45, 7) is 4.19. The van der Waals surface area contributed by atoms with Gasteiger partial charge in [0.25, 0.3) is 0 Å². The second kappa shape index (κ2) is 17.2. The van der Waals surface area contributed by atoms with E-state index in [1.54, 1.807) is 54.4 Å². The van der Waals surface area contributed by atoms with Crippen molar-refractivity contribution < 1.29 is 42.9 Å². The Bertz CT molecular complexity index is 2040. The maximum atomic E-state index is 15.6. The summed E-state index contributed by atoms with van der Waals surface area (Å²) in [5.41, 5.74) is 2.37. The molecule has 2 fully saturated rings. The smallest absolute Gasteiger partial charge is 0.407 e. The normalized spacial score (nSPS) is 19.0. The number of amides is 4. The summed E-state index contributed by atoms with van der Waals surface area (Å²) < 4.78 is 30.9. The number of ether oxygens (including phenoxy) is 3. The van der Waals surface area contributed by atoms with Crippen molar-refractivity contribution in [3.8, 4) is 33.9 Å². The van der Waals surface area contributed by atoms with Gasteiger partial charge < -0.3 is 49.7 Å². The number of benzene rings is 1. The third-order valence-corrected chi connectivity index (χ3v) is 10.3. The number of carboxylic acid groups (broad SMARTS) is 1. The van der Waals surface area contributed by atoms with E-state index in [0.29, 0.717) is 72.3 Å². The first-order valence-corrected chi connectivity index (χ1v) is 18.2. The molecule has 1 aromatic carbocycles. The Kier molecular flexibility index (Phi) is 12.2. The Morgan fingerprint density at radius 1 is 0.786 bits per heavy atom. The van der Waals surface area contributed by atoms with Crippen molar-refractivity contribution in [2.45, 2.75) is 75.9 Å². The van der Waals surface area contributed by atoms with Crippen LogP contribution in [0, 0.1) is 5.82 Å². The molecule has 6 rings (SSSR count). The summed E-state index contributed by atoms with van der Waals surface area (Å²) in [7, 11) is 4.09. The molecule has 1 unspecified atom stereocenters. The predicted molar refractivity (Wildman–Crippen MR) is 197 cm³/mol. The average molecular weight is 777 g/mol. The minimum Gasteiger partial charge on any atom is -0.465 e. The van der Waals surface area contributed by atoms with Crippen LogP contribution in [0.25, 0.3) is 33.9 Å². The lowest BCUT2D eigenvalue weighted by atomic mass is 10.1. The third kappa shape index (κ3) is 8.32. The van der Waals surface area contributed by atoms with Crippen molar-refractivity contribution in [1.82, 2.24) is 50.3 Å². The van der Waals surface area contributed by atoms with Crippen LogP contribution in [0.4, 0.5) is 14.0 Å². The second-order valence-electron chi connectivity index (χ2n) is 13.7. The highest BCUT2D eigenvalue weighted by molar-refractivity contribution is 5.87. The monoisotopic (exact) mass is 776 g/mol. The maximum absolute atomic E-state index is 15.6. The van der Waals surface area contributed by atoms with Gasteiger partial charge >= 0.3 is 12.2 Å². The Labute approximate surface area is 321 Å². The summed E-state index contributed by atoms with van der Waals surface area (Å²) >= 11 is 0. The van der Waals surface area contributed by atoms with E-state index in [1.807, 2.05) is 0 Å². The molecule has 19 heteroatoms. The number of rotatable bonds is 13. The van der Waals surface area contributed by atoms with E-state index in [-0.39, 0.29) is 17.5 Å². The molecule has 5 N–H and O–H groups in total. The topological polar surface area (TPSA) is 230 Å². The van der Waals surface area contributed by atoms with Gasteiger partial charge in [-0.15, -0.1) is 0 Å². The van der Waals surface area contributed by atoms with Gasteiger partial charge in [0, 0.05) is 56.4 Å². The van der Waals surface area contributed by atoms with E-state index >= 15 is 4.39 Å². The van der Waals surface area contributed by atoms with Gasteiger partial charge in [0.05, 0.1) is 55.2 Å². The lowest BCUT2D eigenvalue weighted by Crippen LogP contribution is -2.54. The fourth-order valence-corrected chi connectivity index (χ4v) is 7.12. The van der Waals surface area contributed by atoms with Crippen molar-refractivity contribution in [1.29, 1.82) is 0 Å². The number of nitrogens with one attached hydrogen (secondary N) is 4. The van der Waals surface area contributed by atoms with Crippen molar-refractivity contribution in [2.24, 2.45) is 0 Å². The van der Waals surface area contributed by atoms with Gasteiger partial charge in [-0.25, -0.2) is 33.9 Å². The summed E-state index contributed by atoms with van der Waals surface area (Å²) in [6, 6.07) is 1.76. The number of hydrogen-bond acceptors (Lipinski definition) is 11. The number of carbonyl (C=O) groups excluding carboxylic acids is 3. The molecular weight excluding hydrogens is 731 g/mol. The lowest BCUT2D eigenvalue weighted by Gasteiger charge is -2.30. The number of carbonyl (C=O) groups is 4. The van der Waals surface area contributed by atoms with E-state index in [2.05, 4.69) is 40.5 Å². The minimum absolute atomic E-state index is 0.256. The van der Waals surface area contributed by atoms with Crippen molar-refractivity contribution in [3.63, 3.8) is 0 Å². The van der Waals surface area contributed by atoms with Gasteiger partial charge in [0.2, 0.25) is 11.8 Å². The summed E-state index contributed by atoms with van der Waals surface area (Å²) in [4.78, 5) is 78.0. The highest BCUT2D eigenvalue weighted by Crippen LogP contribution is 2.35. The van der Waals surface area contributed by atoms with E-state index in [4.69, 9.17) is 14.2 Å². The molecule has 2 aliphatic heterocycles. The molecule has 0 aliphatic carbocycles. The zero-order chi connectivity index (χ0) is 40.1. The quantitative estimate of drug-likeness (QED) is 0.131. The van der Waals surface area contributed by atoms with Crippen LogP contribution in [0.2, 0.25) is 0 Å². The zero-order valence-electron chi connectivity index (χ0n) is 31.6.